The van der Waals surface area contributed by atoms with Gasteiger partial charge in [0, 0.05) is 43.9 Å². The number of amides is 2. The van der Waals surface area contributed by atoms with E-state index in [1.54, 1.807) is 4.90 Å². The summed E-state index contributed by atoms with van der Waals surface area (Å²) in [5.74, 6) is -4.00. The summed E-state index contributed by atoms with van der Waals surface area (Å²) < 4.78 is 41.5. The first-order valence-corrected chi connectivity index (χ1v) is 11.8. The monoisotopic (exact) mass is 461 g/mol. The van der Waals surface area contributed by atoms with Crippen LogP contribution in [0.4, 0.5) is 23.7 Å². The van der Waals surface area contributed by atoms with Gasteiger partial charge in [0.1, 0.15) is 5.82 Å². The highest BCUT2D eigenvalue weighted by Gasteiger charge is 2.29. The molecule has 1 aliphatic rings. The smallest absolute Gasteiger partial charge is 0.317 e. The number of alkyl halides is 2. The number of hydrogen-bond donors (Lipinski definition) is 1. The number of rotatable bonds is 9. The van der Waals surface area contributed by atoms with Crippen LogP contribution < -0.4 is 5.32 Å². The molecule has 2 aromatic carbocycles. The van der Waals surface area contributed by atoms with E-state index in [-0.39, 0.29) is 11.7 Å². The van der Waals surface area contributed by atoms with Gasteiger partial charge in [0.25, 0.3) is 5.92 Å². The topological polar surface area (TPSA) is 35.6 Å². The van der Waals surface area contributed by atoms with E-state index < -0.39 is 23.3 Å². The molecule has 0 bridgehead atoms. The van der Waals surface area contributed by atoms with Crippen LogP contribution in [0.5, 0.6) is 0 Å². The molecule has 3 rings (SSSR count). The molecule has 0 unspecified atom stereocenters. The molecule has 2 amide bonds. The van der Waals surface area contributed by atoms with Gasteiger partial charge < -0.3 is 15.1 Å². The third-order valence-electron chi connectivity index (χ3n) is 6.19. The van der Waals surface area contributed by atoms with Gasteiger partial charge in [-0.3, -0.25) is 0 Å². The predicted octanol–water partition coefficient (Wildman–Crippen LogP) is 6.63. The molecular formula is C26H34F3N3O. The molecule has 0 spiro atoms. The van der Waals surface area contributed by atoms with Crippen molar-refractivity contribution in [3.05, 3.63) is 65.5 Å². The Kier molecular flexibility index (Phi) is 8.78. The normalized spacial score (nSPS) is 15.4. The number of hydrogen-bond acceptors (Lipinski definition) is 2. The standard InChI is InChI=1S/C26H34F3N3O/c1-3-4-8-13-31-14-11-24(12-15-31)32(19-20-9-6-5-7-10-20)25(33)30-23-17-21(26(2,28)29)16-22(27)18-23/h5-7,9-10,16-18,24H,3-4,8,11-15,19H2,1-2H3,(H,30,33). The third-order valence-corrected chi connectivity index (χ3v) is 6.19. The third kappa shape index (κ3) is 7.49. The number of likely N-dealkylation sites (tertiary alicyclic amines) is 1. The minimum Gasteiger partial charge on any atom is -0.317 e. The number of benzene rings is 2. The van der Waals surface area contributed by atoms with E-state index >= 15 is 0 Å². The lowest BCUT2D eigenvalue weighted by atomic mass is 10.0. The summed E-state index contributed by atoms with van der Waals surface area (Å²) in [6.07, 6.45) is 5.27. The fourth-order valence-electron chi connectivity index (χ4n) is 4.30. The number of nitrogens with zero attached hydrogens (tertiary/aromatic N) is 2. The van der Waals surface area contributed by atoms with Crippen LogP contribution in [0.15, 0.2) is 48.5 Å². The van der Waals surface area contributed by atoms with Crippen LogP contribution in [0.1, 0.15) is 57.1 Å². The summed E-state index contributed by atoms with van der Waals surface area (Å²) in [6.45, 7) is 6.21. The molecule has 0 radical (unpaired) electrons. The summed E-state index contributed by atoms with van der Waals surface area (Å²) in [7, 11) is 0. The number of urea groups is 1. The van der Waals surface area contributed by atoms with Crippen molar-refractivity contribution in [3.8, 4) is 0 Å². The highest BCUT2D eigenvalue weighted by molar-refractivity contribution is 5.89. The molecule has 0 aliphatic carbocycles. The van der Waals surface area contributed by atoms with Crippen LogP contribution in [0, 0.1) is 5.82 Å². The van der Waals surface area contributed by atoms with Gasteiger partial charge in [0.15, 0.2) is 0 Å². The molecule has 33 heavy (non-hydrogen) atoms. The molecule has 2 aromatic rings. The molecule has 0 aromatic heterocycles. The zero-order valence-corrected chi connectivity index (χ0v) is 19.5. The summed E-state index contributed by atoms with van der Waals surface area (Å²) in [5.41, 5.74) is 0.553. The Morgan fingerprint density at radius 2 is 1.82 bits per heavy atom. The van der Waals surface area contributed by atoms with Crippen molar-refractivity contribution in [1.29, 1.82) is 0 Å². The van der Waals surface area contributed by atoms with E-state index in [1.807, 2.05) is 30.3 Å². The number of carbonyl (C=O) groups excluding carboxylic acids is 1. The van der Waals surface area contributed by atoms with Gasteiger partial charge in [-0.25, -0.2) is 18.0 Å². The predicted molar refractivity (Wildman–Crippen MR) is 126 cm³/mol. The first kappa shape index (κ1) is 25.1. The molecule has 4 nitrogen and oxygen atoms in total. The fraction of sp³-hybridized carbons (Fsp3) is 0.500. The van der Waals surface area contributed by atoms with E-state index in [9.17, 15) is 18.0 Å². The van der Waals surface area contributed by atoms with E-state index in [1.165, 1.54) is 19.3 Å². The highest BCUT2D eigenvalue weighted by atomic mass is 19.3. The molecule has 1 N–H and O–H groups in total. The lowest BCUT2D eigenvalue weighted by molar-refractivity contribution is 0.0172. The minimum atomic E-state index is -3.20. The quantitative estimate of drug-likeness (QED) is 0.426. The van der Waals surface area contributed by atoms with Crippen molar-refractivity contribution < 1.29 is 18.0 Å². The van der Waals surface area contributed by atoms with Crippen molar-refractivity contribution in [2.75, 3.05) is 25.0 Å². The Balaban J connectivity index is 1.73. The van der Waals surface area contributed by atoms with Crippen LogP contribution in [0.3, 0.4) is 0 Å². The largest absolute Gasteiger partial charge is 0.322 e. The number of halogens is 3. The van der Waals surface area contributed by atoms with Gasteiger partial charge in [0.2, 0.25) is 0 Å². The molecule has 1 heterocycles. The van der Waals surface area contributed by atoms with Crippen LogP contribution in [-0.2, 0) is 12.5 Å². The lowest BCUT2D eigenvalue weighted by Gasteiger charge is -2.38. The van der Waals surface area contributed by atoms with Crippen molar-refractivity contribution in [2.45, 2.75) is 64.5 Å². The van der Waals surface area contributed by atoms with Crippen LogP contribution in [-0.4, -0.2) is 41.5 Å². The second-order valence-electron chi connectivity index (χ2n) is 8.94. The molecule has 180 valence electrons. The average molecular weight is 462 g/mol. The first-order chi connectivity index (χ1) is 15.8. The van der Waals surface area contributed by atoms with Gasteiger partial charge in [0.05, 0.1) is 0 Å². The Labute approximate surface area is 194 Å². The van der Waals surface area contributed by atoms with E-state index in [4.69, 9.17) is 0 Å². The van der Waals surface area contributed by atoms with Crippen LogP contribution >= 0.6 is 0 Å². The summed E-state index contributed by atoms with van der Waals surface area (Å²) in [4.78, 5) is 17.5. The second kappa shape index (κ2) is 11.5. The fourth-order valence-corrected chi connectivity index (χ4v) is 4.30. The zero-order chi connectivity index (χ0) is 23.8. The Morgan fingerprint density at radius 3 is 2.45 bits per heavy atom. The van der Waals surface area contributed by atoms with E-state index in [0.29, 0.717) is 13.5 Å². The molecule has 1 saturated heterocycles. The summed E-state index contributed by atoms with van der Waals surface area (Å²) >= 11 is 0. The van der Waals surface area contributed by atoms with Crippen molar-refractivity contribution in [1.82, 2.24) is 9.80 Å². The van der Waals surface area contributed by atoms with E-state index in [0.717, 1.165) is 56.2 Å². The number of anilines is 1. The molecular weight excluding hydrogens is 427 g/mol. The molecule has 0 saturated carbocycles. The van der Waals surface area contributed by atoms with Crippen molar-refractivity contribution >= 4 is 11.7 Å². The zero-order valence-electron chi connectivity index (χ0n) is 19.5. The first-order valence-electron chi connectivity index (χ1n) is 11.8. The van der Waals surface area contributed by atoms with Crippen LogP contribution in [0.25, 0.3) is 0 Å². The average Bonchev–Trinajstić information content (AvgIpc) is 2.78. The molecule has 1 fully saturated rings. The molecule has 7 heteroatoms. The Bertz CT molecular complexity index is 893. The van der Waals surface area contributed by atoms with Gasteiger partial charge in [-0.05, 0) is 49.6 Å². The maximum absolute atomic E-state index is 14.0. The van der Waals surface area contributed by atoms with Crippen LogP contribution in [0.2, 0.25) is 0 Å². The highest BCUT2D eigenvalue weighted by Crippen LogP contribution is 2.30. The van der Waals surface area contributed by atoms with Gasteiger partial charge in [-0.15, -0.1) is 0 Å². The van der Waals surface area contributed by atoms with E-state index in [2.05, 4.69) is 17.1 Å². The maximum atomic E-state index is 14.0. The van der Waals surface area contributed by atoms with Gasteiger partial charge in [-0.2, -0.15) is 0 Å². The lowest BCUT2D eigenvalue weighted by Crippen LogP contribution is -2.48. The van der Waals surface area contributed by atoms with Gasteiger partial charge in [-0.1, -0.05) is 50.1 Å². The SMILES string of the molecule is CCCCCN1CCC(N(Cc2ccccc2)C(=O)Nc2cc(F)cc(C(C)(F)F)c2)CC1. The maximum Gasteiger partial charge on any atom is 0.322 e. The van der Waals surface area contributed by atoms with Crippen molar-refractivity contribution in [3.63, 3.8) is 0 Å². The van der Waals surface area contributed by atoms with Gasteiger partial charge >= 0.3 is 6.03 Å². The molecule has 1 aliphatic heterocycles. The summed E-state index contributed by atoms with van der Waals surface area (Å²) in [6, 6.07) is 12.3. The number of carbonyl (C=O) groups is 1. The van der Waals surface area contributed by atoms with Crippen molar-refractivity contribution in [2.24, 2.45) is 0 Å². The Morgan fingerprint density at radius 1 is 1.12 bits per heavy atom. The minimum absolute atomic E-state index is 0.0216. The second-order valence-corrected chi connectivity index (χ2v) is 8.94. The summed E-state index contributed by atoms with van der Waals surface area (Å²) in [5, 5.41) is 2.67. The Hall–Kier alpha value is -2.54. The molecule has 0 atom stereocenters. The number of piperidine rings is 1. The number of nitrogens with one attached hydrogen (secondary N) is 1. The number of unbranched alkanes of at least 4 members (excludes halogenated alkanes) is 2.